The van der Waals surface area contributed by atoms with E-state index in [2.05, 4.69) is 29.2 Å². The van der Waals surface area contributed by atoms with Crippen LogP contribution in [0.5, 0.6) is 0 Å². The Morgan fingerprint density at radius 3 is 2.74 bits per heavy atom. The number of ether oxygens (including phenoxy) is 1. The molecule has 2 fully saturated rings. The molecule has 2 aliphatic rings. The first-order chi connectivity index (χ1) is 13.0. The normalized spacial score (nSPS) is 29.4. The lowest BCUT2D eigenvalue weighted by Gasteiger charge is -2.30. The zero-order valence-electron chi connectivity index (χ0n) is 16.1. The van der Waals surface area contributed by atoms with Crippen molar-refractivity contribution >= 4 is 11.5 Å². The number of aromatic nitrogens is 3. The van der Waals surface area contributed by atoms with Crippen molar-refractivity contribution in [2.75, 3.05) is 18.5 Å². The van der Waals surface area contributed by atoms with Gasteiger partial charge in [0.2, 0.25) is 5.95 Å². The molecule has 2 N–H and O–H groups in total. The summed E-state index contributed by atoms with van der Waals surface area (Å²) in [5.41, 5.74) is 1.34. The molecule has 0 bridgehead atoms. The lowest BCUT2D eigenvalue weighted by Crippen LogP contribution is -2.42. The molecule has 2 atom stereocenters. The number of hydrogen-bond donors (Lipinski definition) is 2. The average Bonchev–Trinajstić information content (AvgIpc) is 3.00. The third-order valence-corrected chi connectivity index (χ3v) is 6.27. The Kier molecular flexibility index (Phi) is 5.32. The molecule has 2 aromatic heterocycles. The third kappa shape index (κ3) is 3.80. The van der Waals surface area contributed by atoms with Crippen molar-refractivity contribution in [1.82, 2.24) is 14.6 Å². The Balaban J connectivity index is 1.56. The molecule has 0 radical (unpaired) electrons. The SMILES string of the molecule is CC(C)C1CCC(c2cc(F)c3cnc(N[C@@H]4CCOC[C@H]4O)nn23)CC1. The van der Waals surface area contributed by atoms with Gasteiger partial charge in [-0.05, 0) is 50.0 Å². The Morgan fingerprint density at radius 2 is 2.04 bits per heavy atom. The third-order valence-electron chi connectivity index (χ3n) is 6.27. The lowest BCUT2D eigenvalue weighted by molar-refractivity contribution is -0.0136. The predicted molar refractivity (Wildman–Crippen MR) is 101 cm³/mol. The first kappa shape index (κ1) is 18.6. The van der Waals surface area contributed by atoms with Gasteiger partial charge in [-0.2, -0.15) is 0 Å². The first-order valence-corrected chi connectivity index (χ1v) is 10.1. The monoisotopic (exact) mass is 376 g/mol. The Hall–Kier alpha value is -1.73. The van der Waals surface area contributed by atoms with E-state index in [9.17, 15) is 9.50 Å². The number of aliphatic hydroxyl groups excluding tert-OH is 1. The van der Waals surface area contributed by atoms with Crippen LogP contribution in [-0.4, -0.2) is 45.1 Å². The van der Waals surface area contributed by atoms with Crippen molar-refractivity contribution in [2.24, 2.45) is 11.8 Å². The van der Waals surface area contributed by atoms with Gasteiger partial charge in [-0.15, -0.1) is 5.10 Å². The summed E-state index contributed by atoms with van der Waals surface area (Å²) in [5.74, 6) is 1.94. The molecule has 2 aromatic rings. The highest BCUT2D eigenvalue weighted by Crippen LogP contribution is 2.39. The van der Waals surface area contributed by atoms with Gasteiger partial charge in [0.05, 0.1) is 24.9 Å². The number of halogens is 1. The Bertz CT molecular complexity index is 786. The summed E-state index contributed by atoms with van der Waals surface area (Å²) >= 11 is 0. The van der Waals surface area contributed by atoms with Gasteiger partial charge in [0.1, 0.15) is 5.52 Å². The summed E-state index contributed by atoms with van der Waals surface area (Å²) < 4.78 is 21.4. The van der Waals surface area contributed by atoms with Crippen LogP contribution in [0.4, 0.5) is 10.3 Å². The summed E-state index contributed by atoms with van der Waals surface area (Å²) in [4.78, 5) is 4.26. The highest BCUT2D eigenvalue weighted by molar-refractivity contribution is 5.50. The molecule has 0 spiro atoms. The van der Waals surface area contributed by atoms with E-state index in [1.165, 1.54) is 19.0 Å². The minimum atomic E-state index is -0.592. The molecule has 0 aromatic carbocycles. The van der Waals surface area contributed by atoms with E-state index >= 15 is 0 Å². The average molecular weight is 376 g/mol. The lowest BCUT2D eigenvalue weighted by atomic mass is 9.76. The second kappa shape index (κ2) is 7.72. The van der Waals surface area contributed by atoms with Crippen molar-refractivity contribution in [3.8, 4) is 0 Å². The van der Waals surface area contributed by atoms with Gasteiger partial charge in [0, 0.05) is 18.2 Å². The summed E-state index contributed by atoms with van der Waals surface area (Å²) in [6.07, 6.45) is 6.13. The second-order valence-electron chi connectivity index (χ2n) is 8.33. The molecule has 6 nitrogen and oxygen atoms in total. The molecule has 3 heterocycles. The van der Waals surface area contributed by atoms with E-state index in [0.717, 1.165) is 24.5 Å². The maximum absolute atomic E-state index is 14.4. The fraction of sp³-hybridized carbons (Fsp3) is 0.700. The van der Waals surface area contributed by atoms with Crippen molar-refractivity contribution in [3.05, 3.63) is 23.8 Å². The minimum Gasteiger partial charge on any atom is -0.389 e. The fourth-order valence-electron chi connectivity index (χ4n) is 4.47. The van der Waals surface area contributed by atoms with Crippen molar-refractivity contribution in [3.63, 3.8) is 0 Å². The van der Waals surface area contributed by atoms with E-state index in [1.54, 1.807) is 10.6 Å². The molecule has 27 heavy (non-hydrogen) atoms. The highest BCUT2D eigenvalue weighted by Gasteiger charge is 2.28. The van der Waals surface area contributed by atoms with Crippen LogP contribution in [0.25, 0.3) is 5.52 Å². The number of nitrogens with zero attached hydrogens (tertiary/aromatic N) is 3. The van der Waals surface area contributed by atoms with Crippen LogP contribution in [0.3, 0.4) is 0 Å². The van der Waals surface area contributed by atoms with E-state index in [0.29, 0.717) is 42.9 Å². The predicted octanol–water partition coefficient (Wildman–Crippen LogP) is 3.36. The Morgan fingerprint density at radius 1 is 1.26 bits per heavy atom. The van der Waals surface area contributed by atoms with Crippen LogP contribution in [-0.2, 0) is 4.74 Å². The zero-order chi connectivity index (χ0) is 19.0. The smallest absolute Gasteiger partial charge is 0.241 e. The van der Waals surface area contributed by atoms with E-state index in [4.69, 9.17) is 4.74 Å². The largest absolute Gasteiger partial charge is 0.389 e. The van der Waals surface area contributed by atoms with E-state index in [-0.39, 0.29) is 11.9 Å². The molecule has 148 valence electrons. The van der Waals surface area contributed by atoms with Gasteiger partial charge >= 0.3 is 0 Å². The number of aliphatic hydroxyl groups is 1. The van der Waals surface area contributed by atoms with E-state index < -0.39 is 6.10 Å². The molecule has 1 saturated heterocycles. The summed E-state index contributed by atoms with van der Waals surface area (Å²) in [6, 6.07) is 1.47. The highest BCUT2D eigenvalue weighted by atomic mass is 19.1. The Labute approximate surface area is 159 Å². The molecule has 4 rings (SSSR count). The molecular formula is C20H29FN4O2. The van der Waals surface area contributed by atoms with Gasteiger partial charge < -0.3 is 15.2 Å². The maximum Gasteiger partial charge on any atom is 0.241 e. The molecule has 0 unspecified atom stereocenters. The van der Waals surface area contributed by atoms with Crippen LogP contribution < -0.4 is 5.32 Å². The number of nitrogens with one attached hydrogen (secondary N) is 1. The molecule has 1 aliphatic carbocycles. The first-order valence-electron chi connectivity index (χ1n) is 10.1. The van der Waals surface area contributed by atoms with Crippen molar-refractivity contribution in [2.45, 2.75) is 64.0 Å². The summed E-state index contributed by atoms with van der Waals surface area (Å²) in [6.45, 7) is 5.47. The molecule has 0 amide bonds. The van der Waals surface area contributed by atoms with Crippen LogP contribution in [0.1, 0.15) is 57.6 Å². The minimum absolute atomic E-state index is 0.151. The molecule has 1 saturated carbocycles. The standard InChI is InChI=1S/C20H29FN4O2/c1-12(2)13-3-5-14(6-4-13)17-9-15(21)18-10-22-20(24-25(17)18)23-16-7-8-27-11-19(16)26/h9-10,12-14,16,19,26H,3-8,11H2,1-2H3,(H,23,24)/t13?,14?,16-,19-/m1/s1. The zero-order valence-corrected chi connectivity index (χ0v) is 16.1. The molecular weight excluding hydrogens is 347 g/mol. The van der Waals surface area contributed by atoms with Crippen LogP contribution in [0.15, 0.2) is 12.3 Å². The number of anilines is 1. The number of hydrogen-bond acceptors (Lipinski definition) is 5. The van der Waals surface area contributed by atoms with Gasteiger partial charge in [-0.3, -0.25) is 0 Å². The van der Waals surface area contributed by atoms with Crippen LogP contribution >= 0.6 is 0 Å². The summed E-state index contributed by atoms with van der Waals surface area (Å²) in [5, 5.41) is 17.8. The molecule has 7 heteroatoms. The fourth-order valence-corrected chi connectivity index (χ4v) is 4.47. The van der Waals surface area contributed by atoms with Gasteiger partial charge in [-0.1, -0.05) is 13.8 Å². The van der Waals surface area contributed by atoms with Gasteiger partial charge in [0.25, 0.3) is 0 Å². The quantitative estimate of drug-likeness (QED) is 0.856. The van der Waals surface area contributed by atoms with Crippen LogP contribution in [0, 0.1) is 17.7 Å². The number of fused-ring (bicyclic) bond motifs is 1. The van der Waals surface area contributed by atoms with Crippen molar-refractivity contribution < 1.29 is 14.2 Å². The van der Waals surface area contributed by atoms with Crippen molar-refractivity contribution in [1.29, 1.82) is 0 Å². The van der Waals surface area contributed by atoms with Gasteiger partial charge in [0.15, 0.2) is 5.82 Å². The topological polar surface area (TPSA) is 71.7 Å². The van der Waals surface area contributed by atoms with E-state index in [1.807, 2.05) is 0 Å². The van der Waals surface area contributed by atoms with Crippen LogP contribution in [0.2, 0.25) is 0 Å². The van der Waals surface area contributed by atoms with Gasteiger partial charge in [-0.25, -0.2) is 13.9 Å². The second-order valence-corrected chi connectivity index (χ2v) is 8.33. The number of rotatable bonds is 4. The molecule has 1 aliphatic heterocycles. The maximum atomic E-state index is 14.4. The summed E-state index contributed by atoms with van der Waals surface area (Å²) in [7, 11) is 0.